The number of nitrogens with zero attached hydrogens (tertiary/aromatic N) is 10. The van der Waals surface area contributed by atoms with E-state index < -0.39 is 0 Å². The molecule has 0 saturated carbocycles. The molecule has 0 amide bonds. The van der Waals surface area contributed by atoms with Gasteiger partial charge >= 0.3 is 21.1 Å². The number of rotatable bonds is 0. The van der Waals surface area contributed by atoms with Gasteiger partial charge in [-0.1, -0.05) is 0 Å². The van der Waals surface area contributed by atoms with Crippen molar-refractivity contribution >= 4 is 47.4 Å². The Bertz CT molecular complexity index is 903. The van der Waals surface area contributed by atoms with E-state index in [-0.39, 0.29) is 21.1 Å². The van der Waals surface area contributed by atoms with Crippen LogP contribution in [0.5, 0.6) is 0 Å². The van der Waals surface area contributed by atoms with Crippen LogP contribution in [0.3, 0.4) is 0 Å². The molecule has 5 heterocycles. The number of hydrogen-bond donors (Lipinski definition) is 0. The minimum Gasteiger partial charge on any atom is -0.365 e. The van der Waals surface area contributed by atoms with Crippen LogP contribution in [0.25, 0.3) is 0 Å². The summed E-state index contributed by atoms with van der Waals surface area (Å²) in [5.41, 5.74) is 0. The van der Waals surface area contributed by atoms with Gasteiger partial charge < -0.3 is 29.9 Å². The first-order chi connectivity index (χ1) is 10.8. The first-order valence-corrected chi connectivity index (χ1v) is 6.27. The Morgan fingerprint density at radius 2 is 1.13 bits per heavy atom. The van der Waals surface area contributed by atoms with Crippen LogP contribution in [-0.2, 0) is 21.1 Å². The number of hydrogen-bond acceptors (Lipinski definition) is 8. The van der Waals surface area contributed by atoms with Crippen molar-refractivity contribution in [1.29, 1.82) is 0 Å². The maximum Gasteiger partial charge on any atom is 2.00 e. The number of imidazole rings is 2. The van der Waals surface area contributed by atoms with Gasteiger partial charge in [0.15, 0.2) is 11.7 Å². The summed E-state index contributed by atoms with van der Waals surface area (Å²) >= 11 is 0. The maximum atomic E-state index is 4.26. The van der Waals surface area contributed by atoms with Crippen molar-refractivity contribution in [2.24, 2.45) is 30.0 Å². The van der Waals surface area contributed by atoms with Crippen LogP contribution in [0, 0.1) is 0 Å². The minimum absolute atomic E-state index is 0. The zero-order valence-electron chi connectivity index (χ0n) is 11.1. The average Bonchev–Trinajstić information content (AvgIpc) is 3.24. The van der Waals surface area contributed by atoms with Crippen molar-refractivity contribution in [3.63, 3.8) is 0 Å². The predicted octanol–water partition coefficient (Wildman–Crippen LogP) is -0.176. The van der Waals surface area contributed by atoms with Crippen LogP contribution in [-0.4, -0.2) is 45.7 Å². The monoisotopic (exact) mass is 483 g/mol. The molecular weight excluding hydrogens is 479 g/mol. The van der Waals surface area contributed by atoms with Gasteiger partial charge in [0.05, 0.1) is 24.1 Å². The topological polar surface area (TPSA) is 128 Å². The summed E-state index contributed by atoms with van der Waals surface area (Å²) in [6, 6.07) is 0. The molecule has 2 aromatic rings. The van der Waals surface area contributed by atoms with E-state index in [1.165, 1.54) is 24.8 Å². The van der Waals surface area contributed by atoms with E-state index in [4.69, 9.17) is 0 Å². The summed E-state index contributed by atoms with van der Waals surface area (Å²) < 4.78 is 0. The molecule has 10 nitrogen and oxygen atoms in total. The van der Waals surface area contributed by atoms with Gasteiger partial charge in [-0.05, 0) is 12.4 Å². The van der Waals surface area contributed by atoms with Crippen LogP contribution >= 0.6 is 0 Å². The van der Waals surface area contributed by atoms with Gasteiger partial charge in [-0.2, -0.15) is 0 Å². The van der Waals surface area contributed by atoms with E-state index in [0.29, 0.717) is 46.6 Å². The molecule has 3 aliphatic rings. The zero-order valence-corrected chi connectivity index (χ0v) is 13.4. The standard InChI is InChI=1S/C12H4N10.Pt/c1-5-17-6-2-15-11(20-6)12-16-4-8(22-12)18-7-3-14-10(21-7)9(13-1)19-5;/h1-4H;/q-2;+2. The second kappa shape index (κ2) is 5.09. The van der Waals surface area contributed by atoms with Gasteiger partial charge in [0.1, 0.15) is 11.7 Å². The third-order valence-corrected chi connectivity index (χ3v) is 2.95. The van der Waals surface area contributed by atoms with E-state index in [1.807, 2.05) is 0 Å². The van der Waals surface area contributed by atoms with E-state index in [9.17, 15) is 0 Å². The van der Waals surface area contributed by atoms with E-state index in [2.05, 4.69) is 49.9 Å². The quantitative estimate of drug-likeness (QED) is 0.515. The molecule has 0 atom stereocenters. The van der Waals surface area contributed by atoms with Crippen LogP contribution < -0.4 is 9.97 Å². The van der Waals surface area contributed by atoms with Crippen molar-refractivity contribution < 1.29 is 21.1 Å². The summed E-state index contributed by atoms with van der Waals surface area (Å²) in [5.74, 6) is 3.16. The normalized spacial score (nSPS) is 17.0. The maximum absolute atomic E-state index is 4.26. The molecule has 3 aliphatic heterocycles. The molecule has 8 bridgehead atoms. The largest absolute Gasteiger partial charge is 2.00 e. The molecule has 112 valence electrons. The molecule has 2 aromatic heterocycles. The van der Waals surface area contributed by atoms with Crippen molar-refractivity contribution in [3.05, 3.63) is 24.0 Å². The SMILES string of the molecule is C1=NC2=NC1=Nc1cnc([n-]1)C1=NC(=Nc3cnc2[n-]3)C=N1.[Pt+2]. The molecule has 0 N–H and O–H groups in total. The molecule has 0 aliphatic carbocycles. The molecule has 0 saturated heterocycles. The summed E-state index contributed by atoms with van der Waals surface area (Å²) in [5, 5.41) is 0. The number of aliphatic imine (C=N–C) groups is 6. The fraction of sp³-hybridized carbons (Fsp3) is 0. The average molecular weight is 483 g/mol. The zero-order chi connectivity index (χ0) is 14.5. The van der Waals surface area contributed by atoms with Gasteiger partial charge in [-0.25, -0.2) is 20.0 Å². The fourth-order valence-electron chi connectivity index (χ4n) is 2.02. The summed E-state index contributed by atoms with van der Waals surface area (Å²) in [6.07, 6.45) is 6.08. The molecule has 11 heteroatoms. The predicted molar refractivity (Wildman–Crippen MR) is 79.4 cm³/mol. The fourth-order valence-corrected chi connectivity index (χ4v) is 2.02. The number of aromatic nitrogens is 4. The second-order valence-corrected chi connectivity index (χ2v) is 4.43. The summed E-state index contributed by atoms with van der Waals surface area (Å²) in [6.45, 7) is 0. The molecule has 0 radical (unpaired) electrons. The van der Waals surface area contributed by atoms with Gasteiger partial charge in [0, 0.05) is 11.6 Å². The van der Waals surface area contributed by atoms with Crippen LogP contribution in [0.4, 0.5) is 11.6 Å². The van der Waals surface area contributed by atoms with Gasteiger partial charge in [-0.15, -0.1) is 0 Å². The Balaban J connectivity index is 0.00000135. The van der Waals surface area contributed by atoms with Crippen LogP contribution in [0.1, 0.15) is 11.6 Å². The number of fused-ring (bicyclic) bond motifs is 8. The van der Waals surface area contributed by atoms with Crippen molar-refractivity contribution in [2.45, 2.75) is 0 Å². The first kappa shape index (κ1) is 13.8. The Kier molecular flexibility index (Phi) is 3.05. The van der Waals surface area contributed by atoms with Gasteiger partial charge in [0.2, 0.25) is 0 Å². The summed E-state index contributed by atoms with van der Waals surface area (Å²) in [7, 11) is 0. The minimum atomic E-state index is 0. The van der Waals surface area contributed by atoms with Crippen molar-refractivity contribution in [2.75, 3.05) is 0 Å². The van der Waals surface area contributed by atoms with Crippen LogP contribution in [0.15, 0.2) is 42.3 Å². The molecule has 23 heavy (non-hydrogen) atoms. The molecular formula is C12H4N10Pt. The van der Waals surface area contributed by atoms with Gasteiger partial charge in [0.25, 0.3) is 0 Å². The smallest absolute Gasteiger partial charge is 0.365 e. The van der Waals surface area contributed by atoms with Crippen molar-refractivity contribution in [3.8, 4) is 0 Å². The third kappa shape index (κ3) is 2.33. The first-order valence-electron chi connectivity index (χ1n) is 6.27. The molecule has 5 rings (SSSR count). The van der Waals surface area contributed by atoms with E-state index >= 15 is 0 Å². The number of amidine groups is 4. The van der Waals surface area contributed by atoms with E-state index in [1.54, 1.807) is 0 Å². The van der Waals surface area contributed by atoms with Crippen molar-refractivity contribution in [1.82, 2.24) is 19.9 Å². The molecule has 0 spiro atoms. The Morgan fingerprint density at radius 1 is 0.652 bits per heavy atom. The third-order valence-electron chi connectivity index (χ3n) is 2.95. The van der Waals surface area contributed by atoms with E-state index in [0.717, 1.165) is 0 Å². The Morgan fingerprint density at radius 3 is 1.61 bits per heavy atom. The summed E-state index contributed by atoms with van der Waals surface area (Å²) in [4.78, 5) is 42.1. The Hall–Kier alpha value is -2.87. The second-order valence-electron chi connectivity index (χ2n) is 4.43. The molecule has 0 unspecified atom stereocenters. The Labute approximate surface area is 142 Å². The molecule has 0 fully saturated rings. The van der Waals surface area contributed by atoms with Gasteiger partial charge in [-0.3, -0.25) is 0 Å². The van der Waals surface area contributed by atoms with Crippen LogP contribution in [0.2, 0.25) is 0 Å². The molecule has 0 aromatic carbocycles.